The maximum Gasteiger partial charge on any atom is 0.236 e. The van der Waals surface area contributed by atoms with Gasteiger partial charge < -0.3 is 11.1 Å². The average Bonchev–Trinajstić information content (AvgIpc) is 2.52. The first-order chi connectivity index (χ1) is 10.2. The van der Waals surface area contributed by atoms with E-state index < -0.39 is 6.04 Å². The van der Waals surface area contributed by atoms with E-state index in [1.165, 1.54) is 16.3 Å². The van der Waals surface area contributed by atoms with E-state index >= 15 is 0 Å². The van der Waals surface area contributed by atoms with Crippen molar-refractivity contribution in [1.82, 2.24) is 5.32 Å². The van der Waals surface area contributed by atoms with Crippen molar-refractivity contribution in [2.75, 3.05) is 18.6 Å². The largest absolute Gasteiger partial charge is 0.354 e. The lowest BCUT2D eigenvalue weighted by Gasteiger charge is -2.11. The molecule has 4 heteroatoms. The van der Waals surface area contributed by atoms with Gasteiger partial charge in [0, 0.05) is 6.54 Å². The van der Waals surface area contributed by atoms with Gasteiger partial charge in [0.25, 0.3) is 0 Å². The quantitative estimate of drug-likeness (QED) is 0.826. The Morgan fingerprint density at radius 3 is 2.76 bits per heavy atom. The smallest absolute Gasteiger partial charge is 0.236 e. The van der Waals surface area contributed by atoms with Crippen LogP contribution in [-0.4, -0.2) is 30.5 Å². The summed E-state index contributed by atoms with van der Waals surface area (Å²) < 4.78 is 0. The molecule has 0 bridgehead atoms. The van der Waals surface area contributed by atoms with Crippen LogP contribution in [0.1, 0.15) is 12.0 Å². The van der Waals surface area contributed by atoms with Crippen LogP contribution in [0.4, 0.5) is 0 Å². The highest BCUT2D eigenvalue weighted by Crippen LogP contribution is 2.15. The van der Waals surface area contributed by atoms with E-state index in [1.54, 1.807) is 11.8 Å². The van der Waals surface area contributed by atoms with Gasteiger partial charge in [0.05, 0.1) is 6.04 Å². The predicted octanol–water partition coefficient (Wildman–Crippen LogP) is 2.58. The predicted molar refractivity (Wildman–Crippen MR) is 91.6 cm³/mol. The number of carbonyl (C=O) groups excluding carboxylic acids is 1. The lowest BCUT2D eigenvalue weighted by molar-refractivity contribution is -0.122. The topological polar surface area (TPSA) is 55.1 Å². The Morgan fingerprint density at radius 1 is 1.24 bits per heavy atom. The fourth-order valence-corrected chi connectivity index (χ4v) is 2.72. The summed E-state index contributed by atoms with van der Waals surface area (Å²) in [4.78, 5) is 11.8. The fourth-order valence-electron chi connectivity index (χ4n) is 2.23. The first-order valence-corrected chi connectivity index (χ1v) is 8.60. The van der Waals surface area contributed by atoms with Crippen molar-refractivity contribution in [3.63, 3.8) is 0 Å². The normalized spacial score (nSPS) is 12.3. The van der Waals surface area contributed by atoms with Crippen LogP contribution in [0.2, 0.25) is 0 Å². The highest BCUT2D eigenvalue weighted by molar-refractivity contribution is 7.98. The van der Waals surface area contributed by atoms with Crippen LogP contribution in [0.15, 0.2) is 42.5 Å². The Hall–Kier alpha value is -1.52. The molecule has 3 N–H and O–H groups in total. The summed E-state index contributed by atoms with van der Waals surface area (Å²) in [6, 6.07) is 14.3. The number of fused-ring (bicyclic) bond motifs is 1. The summed E-state index contributed by atoms with van der Waals surface area (Å²) in [6.45, 7) is 0.629. The Balaban J connectivity index is 1.83. The van der Waals surface area contributed by atoms with Gasteiger partial charge >= 0.3 is 0 Å². The van der Waals surface area contributed by atoms with Crippen molar-refractivity contribution in [2.45, 2.75) is 18.9 Å². The van der Waals surface area contributed by atoms with Gasteiger partial charge in [-0.1, -0.05) is 42.5 Å². The molecule has 3 nitrogen and oxygen atoms in total. The third-order valence-corrected chi connectivity index (χ3v) is 4.14. The minimum Gasteiger partial charge on any atom is -0.354 e. The highest BCUT2D eigenvalue weighted by Gasteiger charge is 2.11. The fraction of sp³-hybridized carbons (Fsp3) is 0.353. The molecule has 2 aromatic carbocycles. The molecule has 0 aliphatic rings. The third kappa shape index (κ3) is 4.76. The van der Waals surface area contributed by atoms with Gasteiger partial charge in [0.15, 0.2) is 0 Å². The summed E-state index contributed by atoms with van der Waals surface area (Å²) in [5, 5.41) is 5.39. The van der Waals surface area contributed by atoms with Crippen LogP contribution in [0.3, 0.4) is 0 Å². The summed E-state index contributed by atoms with van der Waals surface area (Å²) >= 11 is 1.71. The zero-order valence-corrected chi connectivity index (χ0v) is 13.2. The van der Waals surface area contributed by atoms with Crippen molar-refractivity contribution in [3.05, 3.63) is 48.0 Å². The molecule has 1 amide bonds. The van der Waals surface area contributed by atoms with E-state index in [0.717, 1.165) is 18.6 Å². The second kappa shape index (κ2) is 8.05. The summed E-state index contributed by atoms with van der Waals surface area (Å²) in [5.41, 5.74) is 7.06. The Kier molecular flexibility index (Phi) is 6.08. The van der Waals surface area contributed by atoms with Crippen molar-refractivity contribution in [3.8, 4) is 0 Å². The Morgan fingerprint density at radius 2 is 2.00 bits per heavy atom. The molecule has 0 radical (unpaired) electrons. The number of rotatable bonds is 7. The first kappa shape index (κ1) is 15.9. The lowest BCUT2D eigenvalue weighted by atomic mass is 10.1. The molecule has 0 saturated heterocycles. The standard InChI is InChI=1S/C17H22N2OS/c1-21-11-9-16(18)17(20)19-10-8-13-6-7-14-4-2-3-5-15(14)12-13/h2-7,12,16H,8-11,18H2,1H3,(H,19,20). The van der Waals surface area contributed by atoms with E-state index in [2.05, 4.69) is 35.6 Å². The minimum atomic E-state index is -0.394. The SMILES string of the molecule is CSCCC(N)C(=O)NCCc1ccc2ccccc2c1. The summed E-state index contributed by atoms with van der Waals surface area (Å²) in [7, 11) is 0. The van der Waals surface area contributed by atoms with Crippen LogP contribution in [0.25, 0.3) is 10.8 Å². The molecule has 112 valence electrons. The number of thioether (sulfide) groups is 1. The second-order valence-corrected chi connectivity index (χ2v) is 6.10. The van der Waals surface area contributed by atoms with Crippen LogP contribution in [-0.2, 0) is 11.2 Å². The molecule has 0 fully saturated rings. The summed E-state index contributed by atoms with van der Waals surface area (Å²) in [6.07, 6.45) is 3.57. The van der Waals surface area contributed by atoms with Crippen LogP contribution in [0, 0.1) is 0 Å². The van der Waals surface area contributed by atoms with Crippen LogP contribution >= 0.6 is 11.8 Å². The maximum absolute atomic E-state index is 11.8. The van der Waals surface area contributed by atoms with Gasteiger partial charge in [-0.2, -0.15) is 11.8 Å². The molecule has 0 aliphatic heterocycles. The van der Waals surface area contributed by atoms with Gasteiger partial charge in [-0.25, -0.2) is 0 Å². The highest BCUT2D eigenvalue weighted by atomic mass is 32.2. The maximum atomic E-state index is 11.8. The molecule has 1 unspecified atom stereocenters. The zero-order valence-electron chi connectivity index (χ0n) is 12.3. The number of nitrogens with two attached hydrogens (primary N) is 1. The van der Waals surface area contributed by atoms with E-state index in [4.69, 9.17) is 5.73 Å². The minimum absolute atomic E-state index is 0.0511. The van der Waals surface area contributed by atoms with Crippen LogP contribution in [0.5, 0.6) is 0 Å². The van der Waals surface area contributed by atoms with E-state index in [9.17, 15) is 4.79 Å². The molecular weight excluding hydrogens is 280 g/mol. The van der Waals surface area contributed by atoms with E-state index in [1.807, 2.05) is 18.4 Å². The van der Waals surface area contributed by atoms with Gasteiger partial charge in [-0.05, 0) is 41.2 Å². The zero-order chi connectivity index (χ0) is 15.1. The van der Waals surface area contributed by atoms with Crippen molar-refractivity contribution >= 4 is 28.4 Å². The molecule has 0 spiro atoms. The number of benzene rings is 2. The monoisotopic (exact) mass is 302 g/mol. The molecule has 0 aromatic heterocycles. The number of carbonyl (C=O) groups is 1. The molecule has 0 saturated carbocycles. The van der Waals surface area contributed by atoms with Crippen LogP contribution < -0.4 is 11.1 Å². The number of hydrogen-bond donors (Lipinski definition) is 2. The Bertz CT molecular complexity index is 600. The molecule has 1 atom stereocenters. The first-order valence-electron chi connectivity index (χ1n) is 7.20. The van der Waals surface area contributed by atoms with Gasteiger partial charge in [0.1, 0.15) is 0 Å². The molecule has 2 aromatic rings. The van der Waals surface area contributed by atoms with Crippen molar-refractivity contribution in [1.29, 1.82) is 0 Å². The third-order valence-electron chi connectivity index (χ3n) is 3.50. The van der Waals surface area contributed by atoms with E-state index in [-0.39, 0.29) is 5.91 Å². The lowest BCUT2D eigenvalue weighted by Crippen LogP contribution is -2.41. The number of hydrogen-bond acceptors (Lipinski definition) is 3. The molecule has 2 rings (SSSR count). The van der Waals surface area contributed by atoms with Crippen molar-refractivity contribution in [2.24, 2.45) is 5.73 Å². The molecule has 21 heavy (non-hydrogen) atoms. The number of nitrogens with one attached hydrogen (secondary N) is 1. The van der Waals surface area contributed by atoms with Gasteiger partial charge in [-0.3, -0.25) is 4.79 Å². The Labute approximate surface area is 130 Å². The molecular formula is C17H22N2OS. The number of amides is 1. The van der Waals surface area contributed by atoms with Gasteiger partial charge in [0.2, 0.25) is 5.91 Å². The van der Waals surface area contributed by atoms with Crippen molar-refractivity contribution < 1.29 is 4.79 Å². The van der Waals surface area contributed by atoms with Gasteiger partial charge in [-0.15, -0.1) is 0 Å². The summed E-state index contributed by atoms with van der Waals surface area (Å²) in [5.74, 6) is 0.865. The van der Waals surface area contributed by atoms with E-state index in [0.29, 0.717) is 6.54 Å². The molecule has 0 heterocycles. The second-order valence-electron chi connectivity index (χ2n) is 5.11. The molecule has 0 aliphatic carbocycles. The average molecular weight is 302 g/mol.